The van der Waals surface area contributed by atoms with Gasteiger partial charge in [-0.3, -0.25) is 4.99 Å². The molecule has 0 spiro atoms. The van der Waals surface area contributed by atoms with Gasteiger partial charge in [0.05, 0.1) is 0 Å². The van der Waals surface area contributed by atoms with E-state index in [4.69, 9.17) is 0 Å². The van der Waals surface area contributed by atoms with E-state index in [0.29, 0.717) is 5.92 Å². The summed E-state index contributed by atoms with van der Waals surface area (Å²) in [6, 6.07) is 5.53. The molecule has 2 heteroatoms. The van der Waals surface area contributed by atoms with Crippen molar-refractivity contribution in [2.45, 2.75) is 59.8 Å². The lowest BCUT2D eigenvalue weighted by Crippen LogP contribution is -2.03. The molecule has 0 amide bonds. The van der Waals surface area contributed by atoms with Crippen LogP contribution in [0.25, 0.3) is 0 Å². The van der Waals surface area contributed by atoms with Gasteiger partial charge in [-0.2, -0.15) is 0 Å². The van der Waals surface area contributed by atoms with Gasteiger partial charge in [-0.25, -0.2) is 4.39 Å². The molecule has 0 radical (unpaired) electrons. The van der Waals surface area contributed by atoms with Crippen LogP contribution in [-0.2, 0) is 0 Å². The maximum Gasteiger partial charge on any atom is 0.126 e. The summed E-state index contributed by atoms with van der Waals surface area (Å²) in [6.45, 7) is 10.4. The van der Waals surface area contributed by atoms with Crippen LogP contribution in [0.15, 0.2) is 35.0 Å². The Balaban J connectivity index is 2.75. The summed E-state index contributed by atoms with van der Waals surface area (Å²) in [6.07, 6.45) is 6.83. The molecule has 1 aromatic carbocycles. The van der Waals surface area contributed by atoms with Crippen molar-refractivity contribution in [2.75, 3.05) is 0 Å². The van der Waals surface area contributed by atoms with Gasteiger partial charge >= 0.3 is 0 Å². The van der Waals surface area contributed by atoms with E-state index < -0.39 is 0 Å². The summed E-state index contributed by atoms with van der Waals surface area (Å²) in [5, 5.41) is 0. The van der Waals surface area contributed by atoms with E-state index in [-0.39, 0.29) is 11.7 Å². The zero-order valence-electron chi connectivity index (χ0n) is 14.0. The Morgan fingerprint density at radius 2 is 2.05 bits per heavy atom. The second-order valence-electron chi connectivity index (χ2n) is 5.89. The lowest BCUT2D eigenvalue weighted by Gasteiger charge is -2.17. The van der Waals surface area contributed by atoms with E-state index in [0.717, 1.165) is 30.4 Å². The number of benzene rings is 1. The first-order valence-corrected chi connectivity index (χ1v) is 7.92. The normalized spacial score (nSPS) is 15.4. The van der Waals surface area contributed by atoms with Gasteiger partial charge in [0.1, 0.15) is 5.82 Å². The minimum atomic E-state index is -0.0804. The maximum absolute atomic E-state index is 14.0. The fourth-order valence-corrected chi connectivity index (χ4v) is 2.44. The molecule has 2 unspecified atom stereocenters. The highest BCUT2D eigenvalue weighted by atomic mass is 19.1. The number of halogens is 1. The molecule has 2 atom stereocenters. The van der Waals surface area contributed by atoms with Crippen LogP contribution < -0.4 is 0 Å². The molecule has 0 bridgehead atoms. The fraction of sp³-hybridized carbons (Fsp3) is 0.526. The van der Waals surface area contributed by atoms with Crippen molar-refractivity contribution >= 4 is 6.21 Å². The van der Waals surface area contributed by atoms with Gasteiger partial charge in [0.15, 0.2) is 0 Å². The van der Waals surface area contributed by atoms with Crippen LogP contribution in [0, 0.1) is 18.7 Å². The largest absolute Gasteiger partial charge is 0.269 e. The van der Waals surface area contributed by atoms with Crippen molar-refractivity contribution in [2.24, 2.45) is 10.9 Å². The Kier molecular flexibility index (Phi) is 7.35. The summed E-state index contributed by atoms with van der Waals surface area (Å²) in [5.74, 6) is 0.676. The molecule has 0 aliphatic heterocycles. The van der Waals surface area contributed by atoms with Gasteiger partial charge in [-0.05, 0) is 67.7 Å². The van der Waals surface area contributed by atoms with Crippen LogP contribution in [0.3, 0.4) is 0 Å². The molecule has 0 fully saturated rings. The third-order valence-electron chi connectivity index (χ3n) is 4.19. The molecule has 21 heavy (non-hydrogen) atoms. The Bertz CT molecular complexity index is 502. The Morgan fingerprint density at radius 3 is 2.62 bits per heavy atom. The van der Waals surface area contributed by atoms with Crippen molar-refractivity contribution in [1.29, 1.82) is 0 Å². The van der Waals surface area contributed by atoms with Gasteiger partial charge in [-0.1, -0.05) is 32.9 Å². The molecule has 1 nitrogen and oxygen atoms in total. The zero-order valence-corrected chi connectivity index (χ0v) is 14.0. The van der Waals surface area contributed by atoms with Crippen molar-refractivity contribution < 1.29 is 4.39 Å². The van der Waals surface area contributed by atoms with Crippen LogP contribution >= 0.6 is 0 Å². The second kappa shape index (κ2) is 8.76. The second-order valence-corrected chi connectivity index (χ2v) is 5.89. The number of hydrogen-bond donors (Lipinski definition) is 0. The van der Waals surface area contributed by atoms with Gasteiger partial charge in [-0.15, -0.1) is 0 Å². The van der Waals surface area contributed by atoms with Crippen molar-refractivity contribution in [3.05, 3.63) is 46.9 Å². The summed E-state index contributed by atoms with van der Waals surface area (Å²) in [5.41, 5.74) is 3.15. The van der Waals surface area contributed by atoms with Gasteiger partial charge in [0.2, 0.25) is 0 Å². The first kappa shape index (κ1) is 17.6. The Morgan fingerprint density at radius 1 is 1.33 bits per heavy atom. The van der Waals surface area contributed by atoms with E-state index in [1.807, 2.05) is 38.4 Å². The van der Waals surface area contributed by atoms with Crippen molar-refractivity contribution in [3.63, 3.8) is 0 Å². The monoisotopic (exact) mass is 289 g/mol. The average molecular weight is 289 g/mol. The van der Waals surface area contributed by atoms with Crippen molar-refractivity contribution in [1.82, 2.24) is 0 Å². The van der Waals surface area contributed by atoms with Crippen LogP contribution in [0.5, 0.6) is 0 Å². The quantitative estimate of drug-likeness (QED) is 0.543. The van der Waals surface area contributed by atoms with E-state index in [1.54, 1.807) is 6.07 Å². The number of nitrogens with zero attached hydrogens (tertiary/aromatic N) is 1. The predicted octanol–water partition coefficient (Wildman–Crippen LogP) is 6.04. The van der Waals surface area contributed by atoms with Crippen LogP contribution in [0.2, 0.25) is 0 Å². The number of rotatable bonds is 7. The molecule has 1 aromatic rings. The summed E-state index contributed by atoms with van der Waals surface area (Å²) < 4.78 is 14.0. The standard InChI is InChI=1S/C19H28FN/c1-6-15(4)17(13-21-7-2)10-9-16(5)18-11-8-14(3)12-19(18)20/h7-8,11-13,15-16H,6,9-10H2,1-5H3/b17-13-,21-7-. The van der Waals surface area contributed by atoms with Gasteiger partial charge < -0.3 is 0 Å². The van der Waals surface area contributed by atoms with Crippen molar-refractivity contribution in [3.8, 4) is 0 Å². The lowest BCUT2D eigenvalue weighted by atomic mass is 9.89. The van der Waals surface area contributed by atoms with Crippen LogP contribution in [0.1, 0.15) is 64.0 Å². The fourth-order valence-electron chi connectivity index (χ4n) is 2.44. The summed E-state index contributed by atoms with van der Waals surface area (Å²) >= 11 is 0. The Hall–Kier alpha value is -1.44. The van der Waals surface area contributed by atoms with E-state index >= 15 is 0 Å². The smallest absolute Gasteiger partial charge is 0.126 e. The SMILES string of the molecule is C/C=N\C=C(\CCC(C)c1ccc(C)cc1F)C(C)CC. The van der Waals surface area contributed by atoms with Crippen LogP contribution in [0.4, 0.5) is 4.39 Å². The maximum atomic E-state index is 14.0. The molecule has 0 aromatic heterocycles. The highest BCUT2D eigenvalue weighted by molar-refractivity contribution is 5.54. The predicted molar refractivity (Wildman–Crippen MR) is 90.5 cm³/mol. The van der Waals surface area contributed by atoms with Crippen LogP contribution in [-0.4, -0.2) is 6.21 Å². The molecule has 0 N–H and O–H groups in total. The highest BCUT2D eigenvalue weighted by Crippen LogP contribution is 2.28. The summed E-state index contributed by atoms with van der Waals surface area (Å²) in [4.78, 5) is 4.26. The molecule has 0 aliphatic rings. The molecule has 1 rings (SSSR count). The zero-order chi connectivity index (χ0) is 15.8. The third kappa shape index (κ3) is 5.45. The molecule has 0 saturated carbocycles. The number of allylic oxidation sites excluding steroid dienone is 1. The topological polar surface area (TPSA) is 12.4 Å². The first-order valence-electron chi connectivity index (χ1n) is 7.92. The minimum Gasteiger partial charge on any atom is -0.269 e. The Labute approximate surface area is 129 Å². The molecule has 0 aliphatic carbocycles. The molecule has 0 saturated heterocycles. The minimum absolute atomic E-state index is 0.0804. The molecule has 116 valence electrons. The average Bonchev–Trinajstić information content (AvgIpc) is 2.46. The van der Waals surface area contributed by atoms with Gasteiger partial charge in [0.25, 0.3) is 0 Å². The molecular weight excluding hydrogens is 261 g/mol. The number of hydrogen-bond acceptors (Lipinski definition) is 1. The van der Waals surface area contributed by atoms with E-state index in [2.05, 4.69) is 25.8 Å². The molecule has 0 heterocycles. The van der Waals surface area contributed by atoms with E-state index in [9.17, 15) is 4.39 Å². The molecular formula is C19H28FN. The number of aryl methyl sites for hydroxylation is 1. The highest BCUT2D eigenvalue weighted by Gasteiger charge is 2.13. The van der Waals surface area contributed by atoms with E-state index in [1.165, 1.54) is 5.57 Å². The third-order valence-corrected chi connectivity index (χ3v) is 4.19. The first-order chi connectivity index (χ1) is 9.99. The summed E-state index contributed by atoms with van der Waals surface area (Å²) in [7, 11) is 0. The number of aliphatic imine (C=N–C) groups is 1. The van der Waals surface area contributed by atoms with Gasteiger partial charge in [0, 0.05) is 12.4 Å². The lowest BCUT2D eigenvalue weighted by molar-refractivity contribution is 0.551.